The number of likely N-dealkylation sites (tertiary alicyclic amines) is 1. The van der Waals surface area contributed by atoms with Crippen molar-refractivity contribution in [3.8, 4) is 17.0 Å². The fourth-order valence-corrected chi connectivity index (χ4v) is 4.35. The van der Waals surface area contributed by atoms with Crippen molar-refractivity contribution >= 4 is 11.7 Å². The summed E-state index contributed by atoms with van der Waals surface area (Å²) in [6.45, 7) is 2.20. The van der Waals surface area contributed by atoms with Gasteiger partial charge in [0.2, 0.25) is 5.78 Å². The molecule has 0 saturated carbocycles. The van der Waals surface area contributed by atoms with Crippen molar-refractivity contribution in [1.82, 2.24) is 18.9 Å². The van der Waals surface area contributed by atoms with Gasteiger partial charge in [-0.3, -0.25) is 14.0 Å². The second-order valence-corrected chi connectivity index (χ2v) is 7.85. The van der Waals surface area contributed by atoms with Crippen LogP contribution in [0.4, 0.5) is 0 Å². The molecular formula is C22H24N4O5. The van der Waals surface area contributed by atoms with E-state index in [4.69, 9.17) is 14.2 Å². The molecule has 9 heteroatoms. The van der Waals surface area contributed by atoms with Crippen LogP contribution < -0.4 is 10.3 Å². The first-order chi connectivity index (χ1) is 15.0. The summed E-state index contributed by atoms with van der Waals surface area (Å²) < 4.78 is 20.2. The van der Waals surface area contributed by atoms with E-state index in [0.29, 0.717) is 50.6 Å². The molecule has 31 heavy (non-hydrogen) atoms. The molecule has 0 aliphatic carbocycles. The van der Waals surface area contributed by atoms with Gasteiger partial charge >= 0.3 is 0 Å². The molecule has 2 saturated heterocycles. The minimum Gasteiger partial charge on any atom is -0.497 e. The lowest BCUT2D eigenvalue weighted by Gasteiger charge is -2.37. The monoisotopic (exact) mass is 424 g/mol. The van der Waals surface area contributed by atoms with Crippen LogP contribution in [-0.2, 0) is 16.5 Å². The lowest BCUT2D eigenvalue weighted by atomic mass is 10.0. The van der Waals surface area contributed by atoms with Crippen LogP contribution in [0.1, 0.15) is 23.3 Å². The SMILES string of the molecule is COc1ccc(-c2cn3c(C(=O)N4CCC5(CC4)OCCO5)cc(=O)nc3n2C)cc1. The Bertz CT molecular complexity index is 1180. The van der Waals surface area contributed by atoms with Gasteiger partial charge in [-0.25, -0.2) is 0 Å². The molecule has 5 rings (SSSR count). The maximum Gasteiger partial charge on any atom is 0.275 e. The average molecular weight is 424 g/mol. The normalized spacial score (nSPS) is 18.1. The van der Waals surface area contributed by atoms with Crippen molar-refractivity contribution < 1.29 is 19.0 Å². The van der Waals surface area contributed by atoms with E-state index in [2.05, 4.69) is 4.98 Å². The number of nitrogens with zero attached hydrogens (tertiary/aromatic N) is 4. The van der Waals surface area contributed by atoms with E-state index in [0.717, 1.165) is 17.0 Å². The van der Waals surface area contributed by atoms with Gasteiger partial charge in [0.15, 0.2) is 5.79 Å². The number of piperidine rings is 1. The Labute approximate surface area is 178 Å². The molecule has 2 aromatic heterocycles. The topological polar surface area (TPSA) is 87.3 Å². The summed E-state index contributed by atoms with van der Waals surface area (Å²) >= 11 is 0. The van der Waals surface area contributed by atoms with Crippen molar-refractivity contribution in [1.29, 1.82) is 0 Å². The zero-order chi connectivity index (χ0) is 21.6. The van der Waals surface area contributed by atoms with Crippen LogP contribution in [0, 0.1) is 0 Å². The molecule has 0 radical (unpaired) electrons. The minimum absolute atomic E-state index is 0.200. The van der Waals surface area contributed by atoms with Crippen LogP contribution in [0.5, 0.6) is 5.75 Å². The highest BCUT2D eigenvalue weighted by Crippen LogP contribution is 2.32. The Hall–Kier alpha value is -3.17. The van der Waals surface area contributed by atoms with Gasteiger partial charge < -0.3 is 23.7 Å². The quantitative estimate of drug-likeness (QED) is 0.636. The fourth-order valence-electron chi connectivity index (χ4n) is 4.35. The molecule has 1 aromatic carbocycles. The number of aryl methyl sites for hydroxylation is 1. The number of hydrogen-bond acceptors (Lipinski definition) is 6. The summed E-state index contributed by atoms with van der Waals surface area (Å²) in [6, 6.07) is 8.90. The number of amides is 1. The summed E-state index contributed by atoms with van der Waals surface area (Å²) in [5.41, 5.74) is 1.62. The van der Waals surface area contributed by atoms with Gasteiger partial charge in [0.1, 0.15) is 11.4 Å². The van der Waals surface area contributed by atoms with Crippen LogP contribution >= 0.6 is 0 Å². The predicted molar refractivity (Wildman–Crippen MR) is 112 cm³/mol. The molecule has 0 atom stereocenters. The molecule has 9 nitrogen and oxygen atoms in total. The van der Waals surface area contributed by atoms with Gasteiger partial charge in [0.05, 0.1) is 26.0 Å². The first-order valence-corrected chi connectivity index (χ1v) is 10.3. The van der Waals surface area contributed by atoms with E-state index < -0.39 is 11.3 Å². The van der Waals surface area contributed by atoms with Crippen molar-refractivity contribution in [3.05, 3.63) is 52.6 Å². The third-order valence-electron chi connectivity index (χ3n) is 6.09. The number of carbonyl (C=O) groups excluding carboxylic acids is 1. The first-order valence-electron chi connectivity index (χ1n) is 10.3. The molecule has 2 aliphatic heterocycles. The number of hydrogen-bond donors (Lipinski definition) is 0. The number of carbonyl (C=O) groups is 1. The molecule has 162 valence electrons. The van der Waals surface area contributed by atoms with Crippen LogP contribution in [0.25, 0.3) is 17.0 Å². The standard InChI is InChI=1S/C22H24N4O5/c1-24-18(15-3-5-16(29-2)6-4-15)14-26-17(13-19(27)23-21(24)26)20(28)25-9-7-22(8-10-25)30-11-12-31-22/h3-6,13-14H,7-12H2,1-2H3. The smallest absolute Gasteiger partial charge is 0.275 e. The Kier molecular flexibility index (Phi) is 4.79. The Balaban J connectivity index is 1.50. The molecule has 1 amide bonds. The van der Waals surface area contributed by atoms with Crippen LogP contribution in [0.15, 0.2) is 41.3 Å². The molecule has 2 aliphatic rings. The number of methoxy groups -OCH3 is 1. The molecule has 1 spiro atoms. The number of benzene rings is 1. The average Bonchev–Trinajstić information content (AvgIpc) is 3.38. The van der Waals surface area contributed by atoms with Crippen LogP contribution in [0.3, 0.4) is 0 Å². The van der Waals surface area contributed by atoms with Crippen molar-refractivity contribution in [2.45, 2.75) is 18.6 Å². The van der Waals surface area contributed by atoms with Crippen molar-refractivity contribution in [2.75, 3.05) is 33.4 Å². The number of aromatic nitrogens is 3. The summed E-state index contributed by atoms with van der Waals surface area (Å²) in [6.07, 6.45) is 3.08. The van der Waals surface area contributed by atoms with Crippen molar-refractivity contribution in [3.63, 3.8) is 0 Å². The summed E-state index contributed by atoms with van der Waals surface area (Å²) in [5, 5.41) is 0. The summed E-state index contributed by atoms with van der Waals surface area (Å²) in [5.74, 6) is 0.408. The van der Waals surface area contributed by atoms with Crippen LogP contribution in [-0.4, -0.2) is 64.0 Å². The Morgan fingerprint density at radius 3 is 2.45 bits per heavy atom. The second kappa shape index (κ2) is 7.51. The molecule has 3 aromatic rings. The predicted octanol–water partition coefficient (Wildman–Crippen LogP) is 1.69. The lowest BCUT2D eigenvalue weighted by molar-refractivity contribution is -0.181. The number of rotatable bonds is 3. The number of fused-ring (bicyclic) bond motifs is 1. The Morgan fingerprint density at radius 2 is 1.81 bits per heavy atom. The lowest BCUT2D eigenvalue weighted by Crippen LogP contribution is -2.47. The minimum atomic E-state index is -0.560. The van der Waals surface area contributed by atoms with Gasteiger partial charge in [-0.05, 0) is 24.3 Å². The van der Waals surface area contributed by atoms with E-state index in [1.807, 2.05) is 42.1 Å². The van der Waals surface area contributed by atoms with Gasteiger partial charge in [-0.15, -0.1) is 0 Å². The first kappa shape index (κ1) is 19.8. The molecular weight excluding hydrogens is 400 g/mol. The summed E-state index contributed by atoms with van der Waals surface area (Å²) in [7, 11) is 3.45. The number of ether oxygens (including phenoxy) is 3. The van der Waals surface area contributed by atoms with E-state index in [-0.39, 0.29) is 5.91 Å². The zero-order valence-electron chi connectivity index (χ0n) is 17.5. The number of imidazole rings is 1. The fraction of sp³-hybridized carbons (Fsp3) is 0.409. The maximum absolute atomic E-state index is 13.3. The summed E-state index contributed by atoms with van der Waals surface area (Å²) in [4.78, 5) is 31.5. The van der Waals surface area contributed by atoms with Crippen molar-refractivity contribution in [2.24, 2.45) is 7.05 Å². The molecule has 0 unspecified atom stereocenters. The Morgan fingerprint density at radius 1 is 1.13 bits per heavy atom. The van der Waals surface area contributed by atoms with E-state index >= 15 is 0 Å². The highest BCUT2D eigenvalue weighted by molar-refractivity contribution is 5.93. The molecule has 0 N–H and O–H groups in total. The van der Waals surface area contributed by atoms with Gasteiger partial charge in [0, 0.05) is 50.8 Å². The second-order valence-electron chi connectivity index (χ2n) is 7.85. The molecule has 2 fully saturated rings. The largest absolute Gasteiger partial charge is 0.497 e. The van der Waals surface area contributed by atoms with E-state index in [1.54, 1.807) is 16.4 Å². The molecule has 4 heterocycles. The van der Waals surface area contributed by atoms with E-state index in [9.17, 15) is 9.59 Å². The highest BCUT2D eigenvalue weighted by atomic mass is 16.7. The maximum atomic E-state index is 13.3. The van der Waals surface area contributed by atoms with E-state index in [1.165, 1.54) is 6.07 Å². The van der Waals surface area contributed by atoms with Crippen LogP contribution in [0.2, 0.25) is 0 Å². The highest BCUT2D eigenvalue weighted by Gasteiger charge is 2.41. The zero-order valence-corrected chi connectivity index (χ0v) is 17.5. The third-order valence-corrected chi connectivity index (χ3v) is 6.09. The molecule has 0 bridgehead atoms. The van der Waals surface area contributed by atoms with Gasteiger partial charge in [-0.2, -0.15) is 4.98 Å². The third kappa shape index (κ3) is 3.39. The van der Waals surface area contributed by atoms with Gasteiger partial charge in [-0.1, -0.05) is 0 Å². The van der Waals surface area contributed by atoms with Gasteiger partial charge in [0.25, 0.3) is 11.5 Å².